The van der Waals surface area contributed by atoms with Gasteiger partial charge in [0.2, 0.25) is 11.8 Å². The SMILES string of the molecule is NC(=O)[C@H](Cc1ccccc1F)NC(=O)C(c1ccccc1)(c1ccccc1)c1ccccc1. The van der Waals surface area contributed by atoms with Crippen molar-refractivity contribution in [1.82, 2.24) is 5.32 Å². The maximum Gasteiger partial charge on any atom is 0.240 e. The quantitative estimate of drug-likeness (QED) is 0.390. The van der Waals surface area contributed by atoms with Crippen molar-refractivity contribution in [2.75, 3.05) is 0 Å². The molecule has 0 saturated carbocycles. The van der Waals surface area contributed by atoms with Gasteiger partial charge in [0.25, 0.3) is 0 Å². The average Bonchev–Trinajstić information content (AvgIpc) is 2.87. The molecule has 0 aliphatic carbocycles. The molecule has 4 rings (SSSR count). The van der Waals surface area contributed by atoms with Crippen LogP contribution in [0.1, 0.15) is 22.3 Å². The third kappa shape index (κ3) is 4.46. The molecule has 4 nitrogen and oxygen atoms in total. The Morgan fingerprint density at radius 3 is 1.53 bits per heavy atom. The molecule has 0 bridgehead atoms. The van der Waals surface area contributed by atoms with Gasteiger partial charge >= 0.3 is 0 Å². The molecule has 0 radical (unpaired) electrons. The number of primary amides is 1. The lowest BCUT2D eigenvalue weighted by atomic mass is 9.68. The zero-order valence-electron chi connectivity index (χ0n) is 18.5. The molecule has 0 aromatic heterocycles. The standard InChI is InChI=1S/C29H25FN2O2/c30-25-19-11-10-12-21(25)20-26(27(31)33)32-28(34)29(22-13-4-1-5-14-22,23-15-6-2-7-16-23)24-17-8-3-9-18-24/h1-19,26H,20H2,(H2,31,33)(H,32,34)/t26-/m0/s1. The largest absolute Gasteiger partial charge is 0.368 e. The van der Waals surface area contributed by atoms with Crippen molar-refractivity contribution >= 4 is 11.8 Å². The van der Waals surface area contributed by atoms with E-state index in [2.05, 4.69) is 5.32 Å². The maximum atomic E-state index is 14.3. The smallest absolute Gasteiger partial charge is 0.240 e. The average molecular weight is 453 g/mol. The first-order valence-corrected chi connectivity index (χ1v) is 11.0. The lowest BCUT2D eigenvalue weighted by Gasteiger charge is -2.35. The summed E-state index contributed by atoms with van der Waals surface area (Å²) in [6, 6.07) is 33.2. The normalized spacial score (nSPS) is 12.0. The van der Waals surface area contributed by atoms with Crippen LogP contribution in [0.3, 0.4) is 0 Å². The van der Waals surface area contributed by atoms with Gasteiger partial charge in [0.1, 0.15) is 17.3 Å². The van der Waals surface area contributed by atoms with E-state index in [-0.39, 0.29) is 6.42 Å². The van der Waals surface area contributed by atoms with Crippen molar-refractivity contribution < 1.29 is 14.0 Å². The fourth-order valence-corrected chi connectivity index (χ4v) is 4.33. The van der Waals surface area contributed by atoms with Crippen LogP contribution in [0.4, 0.5) is 4.39 Å². The molecule has 4 aromatic rings. The maximum absolute atomic E-state index is 14.3. The van der Waals surface area contributed by atoms with E-state index in [0.717, 1.165) is 16.7 Å². The number of halogens is 1. The highest BCUT2D eigenvalue weighted by molar-refractivity contribution is 5.98. The molecule has 0 aliphatic heterocycles. The summed E-state index contributed by atoms with van der Waals surface area (Å²) in [7, 11) is 0. The van der Waals surface area contributed by atoms with Crippen LogP contribution < -0.4 is 11.1 Å². The van der Waals surface area contributed by atoms with Crippen molar-refractivity contribution in [3.8, 4) is 0 Å². The van der Waals surface area contributed by atoms with Crippen molar-refractivity contribution in [2.45, 2.75) is 17.9 Å². The summed E-state index contributed by atoms with van der Waals surface area (Å²) < 4.78 is 14.3. The molecular weight excluding hydrogens is 427 g/mol. The minimum Gasteiger partial charge on any atom is -0.368 e. The molecule has 0 unspecified atom stereocenters. The Bertz CT molecular complexity index is 1160. The minimum atomic E-state index is -1.26. The molecule has 5 heteroatoms. The van der Waals surface area contributed by atoms with Gasteiger partial charge < -0.3 is 11.1 Å². The molecule has 0 saturated heterocycles. The van der Waals surface area contributed by atoms with Gasteiger partial charge in [-0.3, -0.25) is 9.59 Å². The number of nitrogens with two attached hydrogens (primary N) is 1. The van der Waals surface area contributed by atoms with Crippen LogP contribution in [0.25, 0.3) is 0 Å². The Kier molecular flexibility index (Phi) is 6.83. The molecule has 2 amide bonds. The van der Waals surface area contributed by atoms with Crippen LogP contribution in [0.15, 0.2) is 115 Å². The van der Waals surface area contributed by atoms with E-state index in [1.54, 1.807) is 18.2 Å². The Balaban J connectivity index is 1.85. The highest BCUT2D eigenvalue weighted by Gasteiger charge is 2.44. The lowest BCUT2D eigenvalue weighted by molar-refractivity contribution is -0.129. The van der Waals surface area contributed by atoms with Crippen LogP contribution in [-0.2, 0) is 21.4 Å². The van der Waals surface area contributed by atoms with Gasteiger partial charge in [-0.2, -0.15) is 0 Å². The molecule has 34 heavy (non-hydrogen) atoms. The summed E-state index contributed by atoms with van der Waals surface area (Å²) in [4.78, 5) is 26.6. The number of carbonyl (C=O) groups is 2. The predicted octanol–water partition coefficient (Wildman–Crippen LogP) is 4.37. The summed E-state index contributed by atoms with van der Waals surface area (Å²) in [6.07, 6.45) is -0.0534. The van der Waals surface area contributed by atoms with E-state index in [1.807, 2.05) is 91.0 Å². The van der Waals surface area contributed by atoms with Gasteiger partial charge in [0.15, 0.2) is 0 Å². The molecule has 0 aliphatic rings. The van der Waals surface area contributed by atoms with E-state index < -0.39 is 29.1 Å². The fourth-order valence-electron chi connectivity index (χ4n) is 4.33. The predicted molar refractivity (Wildman–Crippen MR) is 130 cm³/mol. The lowest BCUT2D eigenvalue weighted by Crippen LogP contribution is -2.54. The number of nitrogens with one attached hydrogen (secondary N) is 1. The van der Waals surface area contributed by atoms with Crippen molar-refractivity contribution in [2.24, 2.45) is 5.73 Å². The molecule has 4 aromatic carbocycles. The molecule has 3 N–H and O–H groups in total. The van der Waals surface area contributed by atoms with Crippen LogP contribution >= 0.6 is 0 Å². The van der Waals surface area contributed by atoms with E-state index in [4.69, 9.17) is 5.73 Å². The first-order valence-electron chi connectivity index (χ1n) is 11.0. The second-order valence-corrected chi connectivity index (χ2v) is 8.07. The Morgan fingerprint density at radius 1 is 0.706 bits per heavy atom. The number of rotatable bonds is 8. The molecule has 170 valence electrons. The molecule has 0 heterocycles. The van der Waals surface area contributed by atoms with Gasteiger partial charge in [-0.15, -0.1) is 0 Å². The van der Waals surface area contributed by atoms with Crippen LogP contribution in [0, 0.1) is 5.82 Å². The number of hydrogen-bond donors (Lipinski definition) is 2. The monoisotopic (exact) mass is 452 g/mol. The third-order valence-corrected chi connectivity index (χ3v) is 5.99. The van der Waals surface area contributed by atoms with Crippen LogP contribution in [-0.4, -0.2) is 17.9 Å². The topological polar surface area (TPSA) is 72.2 Å². The van der Waals surface area contributed by atoms with Crippen molar-refractivity contribution in [3.05, 3.63) is 143 Å². The molecule has 1 atom stereocenters. The second kappa shape index (κ2) is 10.1. The zero-order chi connectivity index (χ0) is 24.0. The zero-order valence-corrected chi connectivity index (χ0v) is 18.5. The van der Waals surface area contributed by atoms with Crippen LogP contribution in [0.5, 0.6) is 0 Å². The summed E-state index contributed by atoms with van der Waals surface area (Å²) in [5.41, 5.74) is 6.92. The van der Waals surface area contributed by atoms with E-state index in [0.29, 0.717) is 5.56 Å². The highest BCUT2D eigenvalue weighted by Crippen LogP contribution is 2.39. The first-order chi connectivity index (χ1) is 16.5. The summed E-state index contributed by atoms with van der Waals surface area (Å²) in [6.45, 7) is 0. The first kappa shape index (κ1) is 22.9. The summed E-state index contributed by atoms with van der Waals surface area (Å²) in [5.74, 6) is -1.61. The Labute approximate surface area is 198 Å². The number of hydrogen-bond acceptors (Lipinski definition) is 2. The van der Waals surface area contributed by atoms with Gasteiger partial charge in [-0.05, 0) is 28.3 Å². The highest BCUT2D eigenvalue weighted by atomic mass is 19.1. The number of carbonyl (C=O) groups excluding carboxylic acids is 2. The van der Waals surface area contributed by atoms with E-state index in [9.17, 15) is 14.0 Å². The second-order valence-electron chi connectivity index (χ2n) is 8.07. The minimum absolute atomic E-state index is 0.0534. The van der Waals surface area contributed by atoms with Gasteiger partial charge in [-0.1, -0.05) is 109 Å². The van der Waals surface area contributed by atoms with Crippen LogP contribution in [0.2, 0.25) is 0 Å². The Morgan fingerprint density at radius 2 is 1.12 bits per heavy atom. The summed E-state index contributed by atoms with van der Waals surface area (Å²) in [5, 5.41) is 2.85. The van der Waals surface area contributed by atoms with Gasteiger partial charge in [0, 0.05) is 6.42 Å². The van der Waals surface area contributed by atoms with Crippen molar-refractivity contribution in [3.63, 3.8) is 0 Å². The summed E-state index contributed by atoms with van der Waals surface area (Å²) >= 11 is 0. The van der Waals surface area contributed by atoms with Crippen molar-refractivity contribution in [1.29, 1.82) is 0 Å². The van der Waals surface area contributed by atoms with E-state index >= 15 is 0 Å². The van der Waals surface area contributed by atoms with E-state index in [1.165, 1.54) is 6.07 Å². The third-order valence-electron chi connectivity index (χ3n) is 5.99. The number of amides is 2. The molecule has 0 spiro atoms. The molecule has 0 fully saturated rings. The molecular formula is C29H25FN2O2. The number of benzene rings is 4. The van der Waals surface area contributed by atoms with Gasteiger partial charge in [0.05, 0.1) is 0 Å². The van der Waals surface area contributed by atoms with Gasteiger partial charge in [-0.25, -0.2) is 4.39 Å². The fraction of sp³-hybridized carbons (Fsp3) is 0.103. The Hall–Kier alpha value is -4.25.